The Kier molecular flexibility index (Phi) is 4.29. The smallest absolute Gasteiger partial charge is 0.304 e. The van der Waals surface area contributed by atoms with Gasteiger partial charge in [-0.1, -0.05) is 12.1 Å². The number of aliphatic carboxylic acids is 1. The number of phenols is 1. The maximum atomic E-state index is 12.2. The molecular weight excluding hydrogens is 282 g/mol. The number of sulfonamides is 1. The largest absolute Gasteiger partial charge is 0.508 e. The monoisotopic (exact) mass is 299 g/mol. The Bertz CT molecular complexity index is 595. The third-order valence-corrected chi connectivity index (χ3v) is 5.00. The minimum absolute atomic E-state index is 0.0452. The van der Waals surface area contributed by atoms with E-state index in [1.807, 2.05) is 0 Å². The van der Waals surface area contributed by atoms with E-state index in [1.54, 1.807) is 12.1 Å². The van der Waals surface area contributed by atoms with Crippen LogP contribution in [0.3, 0.4) is 0 Å². The first kappa shape index (κ1) is 14.8. The van der Waals surface area contributed by atoms with Gasteiger partial charge >= 0.3 is 5.97 Å². The zero-order valence-electron chi connectivity index (χ0n) is 10.9. The number of nitrogens with zero attached hydrogens (tertiary/aromatic N) is 1. The Morgan fingerprint density at radius 3 is 2.60 bits per heavy atom. The van der Waals surface area contributed by atoms with Crippen LogP contribution in [-0.4, -0.2) is 40.7 Å². The second-order valence-corrected chi connectivity index (χ2v) is 6.95. The lowest BCUT2D eigenvalue weighted by atomic mass is 10.2. The molecule has 1 fully saturated rings. The summed E-state index contributed by atoms with van der Waals surface area (Å²) in [7, 11) is -3.59. The van der Waals surface area contributed by atoms with Crippen molar-refractivity contribution in [2.24, 2.45) is 0 Å². The van der Waals surface area contributed by atoms with Gasteiger partial charge in [-0.2, -0.15) is 4.31 Å². The molecule has 0 unspecified atom stereocenters. The van der Waals surface area contributed by atoms with Crippen LogP contribution in [0.2, 0.25) is 0 Å². The average molecular weight is 299 g/mol. The summed E-state index contributed by atoms with van der Waals surface area (Å²) in [4.78, 5) is 10.5. The predicted octanol–water partition coefficient (Wildman–Crippen LogP) is 1.16. The Hall–Kier alpha value is -1.60. The van der Waals surface area contributed by atoms with Crippen molar-refractivity contribution in [2.75, 3.05) is 5.75 Å². The van der Waals surface area contributed by atoms with Crippen molar-refractivity contribution < 1.29 is 23.4 Å². The molecule has 0 aliphatic heterocycles. The van der Waals surface area contributed by atoms with Crippen LogP contribution >= 0.6 is 0 Å². The molecule has 0 atom stereocenters. The first-order valence-electron chi connectivity index (χ1n) is 6.38. The third-order valence-electron chi connectivity index (χ3n) is 3.13. The Morgan fingerprint density at radius 1 is 1.35 bits per heavy atom. The van der Waals surface area contributed by atoms with Crippen LogP contribution in [0.1, 0.15) is 24.8 Å². The van der Waals surface area contributed by atoms with E-state index < -0.39 is 28.2 Å². The summed E-state index contributed by atoms with van der Waals surface area (Å²) >= 11 is 0. The van der Waals surface area contributed by atoms with E-state index in [-0.39, 0.29) is 18.3 Å². The molecule has 0 aromatic heterocycles. The highest BCUT2D eigenvalue weighted by molar-refractivity contribution is 7.89. The molecule has 1 aromatic rings. The molecular formula is C13H17NO5S. The fourth-order valence-corrected chi connectivity index (χ4v) is 3.66. The minimum atomic E-state index is -3.59. The van der Waals surface area contributed by atoms with Gasteiger partial charge in [0.25, 0.3) is 0 Å². The molecule has 2 rings (SSSR count). The number of carbonyl (C=O) groups is 1. The predicted molar refractivity (Wildman–Crippen MR) is 72.7 cm³/mol. The van der Waals surface area contributed by atoms with Crippen LogP contribution in [0.25, 0.3) is 0 Å². The normalized spacial score (nSPS) is 15.4. The van der Waals surface area contributed by atoms with Crippen molar-refractivity contribution in [3.05, 3.63) is 29.8 Å². The van der Waals surface area contributed by atoms with Crippen LogP contribution in [0.4, 0.5) is 0 Å². The summed E-state index contributed by atoms with van der Waals surface area (Å²) < 4.78 is 25.8. The Morgan fingerprint density at radius 2 is 2.05 bits per heavy atom. The SMILES string of the molecule is O=C(O)CCS(=O)(=O)N(Cc1cccc(O)c1)C1CC1. The zero-order valence-corrected chi connectivity index (χ0v) is 11.7. The summed E-state index contributed by atoms with van der Waals surface area (Å²) in [5.41, 5.74) is 0.691. The van der Waals surface area contributed by atoms with Crippen LogP contribution < -0.4 is 0 Å². The second-order valence-electron chi connectivity index (χ2n) is 4.91. The van der Waals surface area contributed by atoms with Crippen LogP contribution in [0.15, 0.2) is 24.3 Å². The van der Waals surface area contributed by atoms with Gasteiger partial charge in [0.05, 0.1) is 12.2 Å². The summed E-state index contributed by atoms with van der Waals surface area (Å²) in [6, 6.07) is 6.38. The molecule has 1 saturated carbocycles. The van der Waals surface area contributed by atoms with Gasteiger partial charge in [0.1, 0.15) is 5.75 Å². The summed E-state index contributed by atoms with van der Waals surface area (Å²) in [6.45, 7) is 0.168. The van der Waals surface area contributed by atoms with Gasteiger partial charge in [0, 0.05) is 12.6 Å². The van der Waals surface area contributed by atoms with Crippen molar-refractivity contribution in [1.82, 2.24) is 4.31 Å². The topological polar surface area (TPSA) is 94.9 Å². The standard InChI is InChI=1S/C13H17NO5S/c15-12-3-1-2-10(8-12)9-14(11-4-5-11)20(18,19)7-6-13(16)17/h1-3,8,11,15H,4-7,9H2,(H,16,17). The lowest BCUT2D eigenvalue weighted by Gasteiger charge is -2.21. The molecule has 7 heteroatoms. The summed E-state index contributed by atoms with van der Waals surface area (Å²) in [5.74, 6) is -1.43. The van der Waals surface area contributed by atoms with Gasteiger partial charge in [0.2, 0.25) is 10.0 Å². The molecule has 6 nitrogen and oxygen atoms in total. The lowest BCUT2D eigenvalue weighted by Crippen LogP contribution is -2.35. The number of benzene rings is 1. The van der Waals surface area contributed by atoms with E-state index in [4.69, 9.17) is 5.11 Å². The molecule has 1 aliphatic carbocycles. The molecule has 1 aromatic carbocycles. The first-order chi connectivity index (χ1) is 9.38. The van der Waals surface area contributed by atoms with Gasteiger partial charge in [-0.05, 0) is 30.5 Å². The van der Waals surface area contributed by atoms with E-state index in [0.717, 1.165) is 12.8 Å². The minimum Gasteiger partial charge on any atom is -0.508 e. The van der Waals surface area contributed by atoms with Crippen molar-refractivity contribution in [1.29, 1.82) is 0 Å². The number of carboxylic acids is 1. The molecule has 1 aliphatic rings. The van der Waals surface area contributed by atoms with Gasteiger partial charge in [-0.25, -0.2) is 8.42 Å². The molecule has 20 heavy (non-hydrogen) atoms. The maximum Gasteiger partial charge on any atom is 0.304 e. The molecule has 110 valence electrons. The number of aromatic hydroxyl groups is 1. The molecule has 0 radical (unpaired) electrons. The van der Waals surface area contributed by atoms with Crippen molar-refractivity contribution in [3.8, 4) is 5.75 Å². The fourth-order valence-electron chi connectivity index (χ4n) is 1.99. The van der Waals surface area contributed by atoms with Crippen LogP contribution in [0, 0.1) is 0 Å². The highest BCUT2D eigenvalue weighted by Crippen LogP contribution is 2.31. The molecule has 0 heterocycles. The van der Waals surface area contributed by atoms with E-state index in [2.05, 4.69) is 0 Å². The van der Waals surface area contributed by atoms with Crippen LogP contribution in [-0.2, 0) is 21.4 Å². The molecule has 0 bridgehead atoms. The van der Waals surface area contributed by atoms with Crippen molar-refractivity contribution >= 4 is 16.0 Å². The molecule has 0 saturated heterocycles. The van der Waals surface area contributed by atoms with Gasteiger partial charge in [-0.3, -0.25) is 4.79 Å². The lowest BCUT2D eigenvalue weighted by molar-refractivity contribution is -0.136. The quantitative estimate of drug-likeness (QED) is 0.788. The molecule has 0 spiro atoms. The number of carboxylic acid groups (broad SMARTS) is 1. The van der Waals surface area contributed by atoms with Gasteiger partial charge < -0.3 is 10.2 Å². The van der Waals surface area contributed by atoms with E-state index in [9.17, 15) is 18.3 Å². The first-order valence-corrected chi connectivity index (χ1v) is 7.98. The number of hydrogen-bond donors (Lipinski definition) is 2. The number of rotatable bonds is 7. The molecule has 2 N–H and O–H groups in total. The Balaban J connectivity index is 2.13. The van der Waals surface area contributed by atoms with Crippen molar-refractivity contribution in [3.63, 3.8) is 0 Å². The molecule has 0 amide bonds. The number of hydrogen-bond acceptors (Lipinski definition) is 4. The van der Waals surface area contributed by atoms with Crippen molar-refractivity contribution in [2.45, 2.75) is 31.8 Å². The second kappa shape index (κ2) is 5.80. The van der Waals surface area contributed by atoms with E-state index in [0.29, 0.717) is 5.56 Å². The highest BCUT2D eigenvalue weighted by Gasteiger charge is 2.37. The summed E-state index contributed by atoms with van der Waals surface area (Å²) in [6.07, 6.45) is 1.20. The number of phenolic OH excluding ortho intramolecular Hbond substituents is 1. The Labute approximate surface area is 117 Å². The average Bonchev–Trinajstić information content (AvgIpc) is 3.18. The van der Waals surface area contributed by atoms with Gasteiger partial charge in [-0.15, -0.1) is 0 Å². The third kappa shape index (κ3) is 3.94. The highest BCUT2D eigenvalue weighted by atomic mass is 32.2. The van der Waals surface area contributed by atoms with E-state index >= 15 is 0 Å². The van der Waals surface area contributed by atoms with Gasteiger partial charge in [0.15, 0.2) is 0 Å². The summed E-state index contributed by atoms with van der Waals surface area (Å²) in [5, 5.41) is 18.0. The van der Waals surface area contributed by atoms with E-state index in [1.165, 1.54) is 16.4 Å². The zero-order chi connectivity index (χ0) is 14.8. The van der Waals surface area contributed by atoms with Crippen LogP contribution in [0.5, 0.6) is 5.75 Å². The fraction of sp³-hybridized carbons (Fsp3) is 0.462. The maximum absolute atomic E-state index is 12.2.